The number of pyridine rings is 1. The minimum atomic E-state index is -1.42. The van der Waals surface area contributed by atoms with Crippen LogP contribution in [0.3, 0.4) is 0 Å². The average Bonchev–Trinajstić information content (AvgIpc) is 3.72. The number of benzene rings is 2. The summed E-state index contributed by atoms with van der Waals surface area (Å²) in [7, 11) is 0. The number of nitrogens with one attached hydrogen (secondary N) is 1. The number of aromatic nitrogens is 2. The van der Waals surface area contributed by atoms with Crippen LogP contribution in [0.25, 0.3) is 11.3 Å². The highest BCUT2D eigenvalue weighted by atomic mass is 35.5. The van der Waals surface area contributed by atoms with Gasteiger partial charge >= 0.3 is 5.97 Å². The molecule has 1 aliphatic carbocycles. The Morgan fingerprint density at radius 1 is 1.16 bits per heavy atom. The third kappa shape index (κ3) is 6.28. The van der Waals surface area contributed by atoms with Gasteiger partial charge in [-0.25, -0.2) is 13.8 Å². The highest BCUT2D eigenvalue weighted by molar-refractivity contribution is 6.33. The summed E-state index contributed by atoms with van der Waals surface area (Å²) >= 11 is 18.2. The Hall–Kier alpha value is -3.97. The van der Waals surface area contributed by atoms with Crippen molar-refractivity contribution in [1.82, 2.24) is 15.5 Å². The quantitative estimate of drug-likeness (QED) is 0.211. The number of carbonyl (C=O) groups excluding carboxylic acids is 1. The maximum Gasteiger partial charge on any atom is 0.322 e. The fourth-order valence-electron chi connectivity index (χ4n) is 5.17. The molecule has 0 spiro atoms. The number of anilines is 1. The minimum Gasteiger partial charge on any atom is -0.489 e. The van der Waals surface area contributed by atoms with Gasteiger partial charge in [0, 0.05) is 23.7 Å². The Kier molecular flexibility index (Phi) is 8.33. The molecule has 234 valence electrons. The van der Waals surface area contributed by atoms with Crippen molar-refractivity contribution >= 4 is 40.9 Å². The van der Waals surface area contributed by atoms with E-state index in [2.05, 4.69) is 15.5 Å². The molecule has 3 N–H and O–H groups in total. The van der Waals surface area contributed by atoms with E-state index in [4.69, 9.17) is 49.2 Å². The molecule has 0 radical (unpaired) electrons. The number of rotatable bonds is 10. The van der Waals surface area contributed by atoms with Crippen molar-refractivity contribution in [2.24, 2.45) is 0 Å². The van der Waals surface area contributed by atoms with Crippen LogP contribution in [0.2, 0.25) is 15.1 Å². The maximum absolute atomic E-state index is 14.8. The Morgan fingerprint density at radius 2 is 1.91 bits per heavy atom. The second kappa shape index (κ2) is 12.1. The molecule has 2 aromatic carbocycles. The van der Waals surface area contributed by atoms with Crippen LogP contribution >= 0.6 is 23.2 Å². The van der Waals surface area contributed by atoms with Crippen molar-refractivity contribution in [1.29, 1.82) is 0 Å². The first-order valence-corrected chi connectivity index (χ1v) is 14.8. The highest BCUT2D eigenvalue weighted by Crippen LogP contribution is 2.46. The Labute approximate surface area is 269 Å². The molecule has 0 unspecified atom stereocenters. The summed E-state index contributed by atoms with van der Waals surface area (Å²) in [6, 6.07) is 8.11. The zero-order valence-corrected chi connectivity index (χ0v) is 25.5. The fraction of sp³-hybridized carbons (Fsp3) is 0.267. The smallest absolute Gasteiger partial charge is 0.322 e. The summed E-state index contributed by atoms with van der Waals surface area (Å²) in [4.78, 5) is 28.1. The van der Waals surface area contributed by atoms with Crippen LogP contribution in [0, 0.1) is 23.2 Å². The van der Waals surface area contributed by atoms with Crippen LogP contribution in [0.1, 0.15) is 46.0 Å². The van der Waals surface area contributed by atoms with Gasteiger partial charge in [-0.1, -0.05) is 34.4 Å². The van der Waals surface area contributed by atoms with Gasteiger partial charge in [0.05, 0.1) is 39.8 Å². The number of β-amino-alcohol motifs (C(OH)–C–C–N with tert-alkyl or cyclic N) is 1. The van der Waals surface area contributed by atoms with Crippen LogP contribution in [0.5, 0.6) is 5.75 Å². The predicted octanol–water partition coefficient (Wildman–Crippen LogP) is 5.00. The van der Waals surface area contributed by atoms with Crippen LogP contribution in [-0.2, 0) is 17.0 Å². The molecule has 2 fully saturated rings. The van der Waals surface area contributed by atoms with Gasteiger partial charge in [-0.2, -0.15) is 0 Å². The van der Waals surface area contributed by atoms with E-state index in [-0.39, 0.29) is 52.1 Å². The molecule has 4 aromatic rings. The number of nitrogens with zero attached hydrogens (tertiary/aromatic N) is 3. The van der Waals surface area contributed by atoms with Crippen molar-refractivity contribution in [3.8, 4) is 17.0 Å². The number of halogens is 5. The zero-order valence-electron chi connectivity index (χ0n) is 23.2. The van der Waals surface area contributed by atoms with Crippen LogP contribution in [0.15, 0.2) is 47.1 Å². The maximum atomic E-state index is 14.8. The van der Waals surface area contributed by atoms with E-state index in [1.165, 1.54) is 11.0 Å². The number of amides is 1. The lowest BCUT2D eigenvalue weighted by Gasteiger charge is -2.47. The molecule has 15 heteroatoms. The fourth-order valence-corrected chi connectivity index (χ4v) is 6.19. The summed E-state index contributed by atoms with van der Waals surface area (Å²) in [5.74, 6) is -2.23. The molecule has 2 aliphatic rings. The third-order valence-corrected chi connectivity index (χ3v) is 8.47. The second-order valence-corrected chi connectivity index (χ2v) is 12.1. The minimum absolute atomic E-state index is 0.0297. The van der Waals surface area contributed by atoms with E-state index < -0.39 is 35.7 Å². The predicted molar refractivity (Wildman–Crippen MR) is 155 cm³/mol. The average molecular weight is 681 g/mol. The Bertz CT molecular complexity index is 1800. The Balaban J connectivity index is 1.15. The lowest BCUT2D eigenvalue weighted by Crippen LogP contribution is -2.60. The molecule has 1 aliphatic heterocycles. The molecule has 2 aromatic heterocycles. The van der Waals surface area contributed by atoms with Crippen molar-refractivity contribution in [2.45, 2.75) is 31.0 Å². The first-order chi connectivity index (χ1) is 21.4. The molecule has 6 rings (SSSR count). The van der Waals surface area contributed by atoms with Gasteiger partial charge in [0.1, 0.15) is 41.8 Å². The summed E-state index contributed by atoms with van der Waals surface area (Å²) < 4.78 is 40.3. The molecular formula is C30H24Cl3F2N4O6+. The third-order valence-electron chi connectivity index (χ3n) is 7.54. The molecule has 0 bridgehead atoms. The lowest BCUT2D eigenvalue weighted by molar-refractivity contribution is -0.288. The summed E-state index contributed by atoms with van der Waals surface area (Å²) in [5.41, 5.74) is 0.255. The van der Waals surface area contributed by atoms with Crippen LogP contribution in [-0.4, -0.2) is 51.9 Å². The first kappa shape index (κ1) is 31.0. The number of ether oxygens (including phenoxy) is 1. The number of aliphatic carboxylic acids is 1. The Morgan fingerprint density at radius 3 is 2.56 bits per heavy atom. The van der Waals surface area contributed by atoms with Crippen LogP contribution in [0.4, 0.5) is 14.6 Å². The van der Waals surface area contributed by atoms with E-state index in [0.29, 0.717) is 33.9 Å². The van der Waals surface area contributed by atoms with Gasteiger partial charge in [-0.3, -0.25) is 9.59 Å². The van der Waals surface area contributed by atoms with E-state index in [9.17, 15) is 23.5 Å². The number of carboxylic acid groups (broad SMARTS) is 1. The summed E-state index contributed by atoms with van der Waals surface area (Å²) in [5, 5.41) is 26.8. The number of carbonyl (C=O) groups is 2. The van der Waals surface area contributed by atoms with Crippen molar-refractivity contribution in [2.75, 3.05) is 24.5 Å². The number of hydrogen-bond donors (Lipinski definition) is 3. The van der Waals surface area contributed by atoms with Gasteiger partial charge < -0.3 is 29.7 Å². The number of aliphatic hydroxyl groups is 1. The van der Waals surface area contributed by atoms with Gasteiger partial charge in [-0.05, 0) is 37.1 Å². The molecule has 0 atom stereocenters. The summed E-state index contributed by atoms with van der Waals surface area (Å²) in [6.45, 7) is -0.637. The second-order valence-electron chi connectivity index (χ2n) is 10.8. The van der Waals surface area contributed by atoms with E-state index in [1.54, 1.807) is 18.2 Å². The molecule has 3 heterocycles. The van der Waals surface area contributed by atoms with Gasteiger partial charge in [0.25, 0.3) is 5.91 Å². The van der Waals surface area contributed by atoms with Crippen LogP contribution < -0.4 is 15.0 Å². The molecular weight excluding hydrogens is 657 g/mol. The number of carboxylic acids is 1. The van der Waals surface area contributed by atoms with E-state index in [0.717, 1.165) is 31.2 Å². The van der Waals surface area contributed by atoms with Crippen molar-refractivity contribution in [3.05, 3.63) is 91.7 Å². The van der Waals surface area contributed by atoms with Crippen molar-refractivity contribution < 1.29 is 49.4 Å². The molecule has 1 amide bonds. The van der Waals surface area contributed by atoms with Gasteiger partial charge in [-0.15, -0.1) is 0 Å². The zero-order chi connectivity index (χ0) is 32.0. The van der Waals surface area contributed by atoms with E-state index in [1.807, 2.05) is 0 Å². The highest BCUT2D eigenvalue weighted by Gasteiger charge is 2.45. The van der Waals surface area contributed by atoms with Gasteiger partial charge in [0.2, 0.25) is 5.02 Å². The monoisotopic (exact) mass is 679 g/mol. The molecule has 10 nitrogen and oxygen atoms in total. The molecule has 45 heavy (non-hydrogen) atoms. The van der Waals surface area contributed by atoms with E-state index >= 15 is 0 Å². The first-order valence-electron chi connectivity index (χ1n) is 13.6. The lowest BCUT2D eigenvalue weighted by atomic mass is 9.86. The molecule has 1 saturated carbocycles. The summed E-state index contributed by atoms with van der Waals surface area (Å²) in [6.07, 6.45) is 2.99. The largest absolute Gasteiger partial charge is 0.489 e. The standard InChI is InChI=1S/C30H23Cl3F2N4O6/c31-20-8-17(44-11-18-26(38-45-27(18)14-1-2-14)25-21(32)6-16(34)7-22(25)33)3-4-19(20)30(43)12-39(13-30)28-23(35)5-15(9-36-28)29(42)37-10-24(40)41/h3-9,14,32,43H,1-2,10-13H2,(H-,37,40,41,42)/p+1. The normalized spacial score (nSPS) is 15.5. The van der Waals surface area contributed by atoms with Crippen molar-refractivity contribution in [3.63, 3.8) is 0 Å². The number of hydrogen-bond acceptors (Lipinski definition) is 8. The van der Waals surface area contributed by atoms with Gasteiger partial charge in [0.15, 0.2) is 23.2 Å². The SMILES string of the molecule is O=C(O)CNC(=O)c1cnc(N2CC(O)(c3ccc(OCc4c(-c5c(Cl)cc(F)cc5[ClH+])noc4C4CC4)cc3Cl)C2)c(F)c1. The topological polar surface area (TPSA) is 138 Å². The molecule has 1 saturated heterocycles.